The number of hydrogen-bond acceptors (Lipinski definition) is 5. The molecule has 2 aromatic carbocycles. The van der Waals surface area contributed by atoms with Crippen LogP contribution in [-0.2, 0) is 0 Å². The Balaban J connectivity index is 1.80. The molecule has 1 amide bonds. The molecule has 138 valence electrons. The van der Waals surface area contributed by atoms with Crippen LogP contribution in [-0.4, -0.2) is 26.1 Å². The number of amides is 1. The van der Waals surface area contributed by atoms with Crippen LogP contribution in [0.25, 0.3) is 5.69 Å². The van der Waals surface area contributed by atoms with Crippen molar-refractivity contribution in [1.29, 1.82) is 0 Å². The van der Waals surface area contributed by atoms with Crippen LogP contribution in [0.2, 0.25) is 0 Å². The number of nitrogens with one attached hydrogen (secondary N) is 1. The molecular weight excluding hydrogens is 378 g/mol. The topological polar surface area (TPSA) is 90.1 Å². The Morgan fingerprint density at radius 3 is 2.56 bits per heavy atom. The molecule has 0 saturated carbocycles. The van der Waals surface area contributed by atoms with Crippen molar-refractivity contribution < 1.29 is 18.5 Å². The van der Waals surface area contributed by atoms with Gasteiger partial charge in [-0.1, -0.05) is 11.8 Å². The minimum absolute atomic E-state index is 0.0941. The second-order valence-corrected chi connectivity index (χ2v) is 6.35. The van der Waals surface area contributed by atoms with E-state index < -0.39 is 16.6 Å². The molecule has 0 saturated heterocycles. The zero-order valence-electron chi connectivity index (χ0n) is 13.6. The molecule has 1 aromatic heterocycles. The van der Waals surface area contributed by atoms with Crippen molar-refractivity contribution in [2.24, 2.45) is 0 Å². The predicted molar refractivity (Wildman–Crippen MR) is 96.5 cm³/mol. The van der Waals surface area contributed by atoms with E-state index in [0.717, 1.165) is 0 Å². The van der Waals surface area contributed by atoms with Gasteiger partial charge in [-0.25, -0.2) is 4.98 Å². The Morgan fingerprint density at radius 2 is 1.96 bits per heavy atom. The highest BCUT2D eigenvalue weighted by Gasteiger charge is 2.19. The van der Waals surface area contributed by atoms with Crippen LogP contribution in [0.1, 0.15) is 10.4 Å². The summed E-state index contributed by atoms with van der Waals surface area (Å²) in [5, 5.41) is 13.9. The number of rotatable bonds is 6. The van der Waals surface area contributed by atoms with Gasteiger partial charge in [0.15, 0.2) is 0 Å². The van der Waals surface area contributed by atoms with Gasteiger partial charge in [0.1, 0.15) is 5.69 Å². The monoisotopic (exact) mass is 390 g/mol. The molecule has 3 aromatic rings. The molecule has 1 N–H and O–H groups in total. The third kappa shape index (κ3) is 4.47. The lowest BCUT2D eigenvalue weighted by Gasteiger charge is -2.08. The largest absolute Gasteiger partial charge is 0.322 e. The standard InChI is InChI=1S/C17H12F2N4O3S/c18-17(19)27-13-4-2-12(3-5-13)21-16(24)11-1-6-14(15(9-11)23(25)26)22-8-7-20-10-22/h1-10,17H,(H,21,24). The van der Waals surface area contributed by atoms with Crippen molar-refractivity contribution in [2.45, 2.75) is 10.7 Å². The minimum atomic E-state index is -2.53. The van der Waals surface area contributed by atoms with Crippen molar-refractivity contribution in [3.8, 4) is 5.69 Å². The number of anilines is 1. The Hall–Kier alpha value is -3.27. The van der Waals surface area contributed by atoms with E-state index in [4.69, 9.17) is 0 Å². The van der Waals surface area contributed by atoms with Gasteiger partial charge in [-0.05, 0) is 36.4 Å². The maximum atomic E-state index is 12.4. The summed E-state index contributed by atoms with van der Waals surface area (Å²) in [4.78, 5) is 27.4. The smallest absolute Gasteiger partial charge is 0.294 e. The van der Waals surface area contributed by atoms with E-state index in [1.807, 2.05) is 0 Å². The average molecular weight is 390 g/mol. The number of carbonyl (C=O) groups excluding carboxylic acids is 1. The molecule has 3 rings (SSSR count). The molecule has 0 bridgehead atoms. The quantitative estimate of drug-likeness (QED) is 0.384. The summed E-state index contributed by atoms with van der Waals surface area (Å²) < 4.78 is 26.1. The lowest BCUT2D eigenvalue weighted by Crippen LogP contribution is -2.12. The van der Waals surface area contributed by atoms with E-state index in [1.165, 1.54) is 59.6 Å². The second-order valence-electron chi connectivity index (χ2n) is 5.29. The van der Waals surface area contributed by atoms with E-state index in [9.17, 15) is 23.7 Å². The van der Waals surface area contributed by atoms with Gasteiger partial charge in [0.25, 0.3) is 17.4 Å². The summed E-state index contributed by atoms with van der Waals surface area (Å²) in [7, 11) is 0. The van der Waals surface area contributed by atoms with Gasteiger partial charge in [-0.15, -0.1) is 0 Å². The summed E-state index contributed by atoms with van der Waals surface area (Å²) in [6.45, 7) is 0. The number of alkyl halides is 2. The first-order valence-corrected chi connectivity index (χ1v) is 8.45. The van der Waals surface area contributed by atoms with Crippen LogP contribution in [0, 0.1) is 10.1 Å². The number of hydrogen-bond donors (Lipinski definition) is 1. The normalized spacial score (nSPS) is 10.8. The molecule has 0 aliphatic rings. The maximum Gasteiger partial charge on any atom is 0.294 e. The maximum absolute atomic E-state index is 12.4. The number of nitrogens with zero attached hydrogens (tertiary/aromatic N) is 3. The minimum Gasteiger partial charge on any atom is -0.322 e. The van der Waals surface area contributed by atoms with E-state index in [0.29, 0.717) is 22.3 Å². The molecule has 0 radical (unpaired) electrons. The molecule has 0 fully saturated rings. The van der Waals surface area contributed by atoms with Crippen molar-refractivity contribution in [2.75, 3.05) is 5.32 Å². The number of thioether (sulfide) groups is 1. The Kier molecular flexibility index (Phi) is 5.46. The first kappa shape index (κ1) is 18.5. The summed E-state index contributed by atoms with van der Waals surface area (Å²) in [5.74, 6) is -3.08. The number of imidazole rings is 1. The molecule has 0 spiro atoms. The molecule has 10 heteroatoms. The van der Waals surface area contributed by atoms with Gasteiger partial charge in [0.2, 0.25) is 0 Å². The summed E-state index contributed by atoms with van der Waals surface area (Å²) >= 11 is 0.399. The van der Waals surface area contributed by atoms with Crippen molar-refractivity contribution in [3.05, 3.63) is 76.9 Å². The predicted octanol–water partition coefficient (Wildman–Crippen LogP) is 4.35. The zero-order valence-corrected chi connectivity index (χ0v) is 14.4. The van der Waals surface area contributed by atoms with Crippen LogP contribution < -0.4 is 5.32 Å². The molecule has 0 aliphatic heterocycles. The first-order chi connectivity index (χ1) is 12.9. The van der Waals surface area contributed by atoms with Crippen LogP contribution in [0.3, 0.4) is 0 Å². The first-order valence-electron chi connectivity index (χ1n) is 7.57. The number of nitro benzene ring substituents is 1. The number of carbonyl (C=O) groups is 1. The number of benzene rings is 2. The fourth-order valence-corrected chi connectivity index (χ4v) is 2.85. The van der Waals surface area contributed by atoms with Crippen molar-refractivity contribution in [1.82, 2.24) is 9.55 Å². The molecule has 0 atom stereocenters. The molecule has 27 heavy (non-hydrogen) atoms. The van der Waals surface area contributed by atoms with Gasteiger partial charge in [-0.3, -0.25) is 14.9 Å². The Morgan fingerprint density at radius 1 is 1.22 bits per heavy atom. The second kappa shape index (κ2) is 7.96. The third-order valence-corrected chi connectivity index (χ3v) is 4.28. The number of halogens is 2. The molecular formula is C17H12F2N4O3S. The fourth-order valence-electron chi connectivity index (χ4n) is 2.35. The highest BCUT2D eigenvalue weighted by molar-refractivity contribution is 7.99. The average Bonchev–Trinajstić information content (AvgIpc) is 3.17. The highest BCUT2D eigenvalue weighted by atomic mass is 32.2. The lowest BCUT2D eigenvalue weighted by atomic mass is 10.1. The molecule has 0 unspecified atom stereocenters. The van der Waals surface area contributed by atoms with E-state index in [2.05, 4.69) is 10.3 Å². The summed E-state index contributed by atoms with van der Waals surface area (Å²) in [6.07, 6.45) is 4.46. The number of nitro groups is 1. The Labute approximate surface area is 156 Å². The van der Waals surface area contributed by atoms with Gasteiger partial charge in [-0.2, -0.15) is 8.78 Å². The number of aromatic nitrogens is 2. The summed E-state index contributed by atoms with van der Waals surface area (Å²) in [5.41, 5.74) is 0.517. The van der Waals surface area contributed by atoms with E-state index in [1.54, 1.807) is 6.20 Å². The van der Waals surface area contributed by atoms with Crippen molar-refractivity contribution in [3.63, 3.8) is 0 Å². The van der Waals surface area contributed by atoms with Crippen LogP contribution in [0.15, 0.2) is 66.1 Å². The van der Waals surface area contributed by atoms with Gasteiger partial charge < -0.3 is 9.88 Å². The Bertz CT molecular complexity index is 963. The van der Waals surface area contributed by atoms with Crippen LogP contribution in [0.4, 0.5) is 20.2 Å². The summed E-state index contributed by atoms with van der Waals surface area (Å²) in [6, 6.07) is 9.96. The molecule has 0 aliphatic carbocycles. The zero-order chi connectivity index (χ0) is 19.4. The van der Waals surface area contributed by atoms with Gasteiger partial charge in [0, 0.05) is 34.6 Å². The van der Waals surface area contributed by atoms with Crippen LogP contribution >= 0.6 is 11.8 Å². The fraction of sp³-hybridized carbons (Fsp3) is 0.0588. The van der Waals surface area contributed by atoms with Gasteiger partial charge in [0.05, 0.1) is 11.3 Å². The van der Waals surface area contributed by atoms with Crippen molar-refractivity contribution >= 4 is 29.0 Å². The SMILES string of the molecule is O=C(Nc1ccc(SC(F)F)cc1)c1ccc(-n2ccnc2)c([N+](=O)[O-])c1. The molecule has 1 heterocycles. The van der Waals surface area contributed by atoms with Crippen LogP contribution in [0.5, 0.6) is 0 Å². The third-order valence-electron chi connectivity index (χ3n) is 3.55. The highest BCUT2D eigenvalue weighted by Crippen LogP contribution is 2.27. The molecule has 7 nitrogen and oxygen atoms in total. The van der Waals surface area contributed by atoms with E-state index in [-0.39, 0.29) is 16.9 Å². The van der Waals surface area contributed by atoms with Gasteiger partial charge >= 0.3 is 0 Å². The van der Waals surface area contributed by atoms with E-state index >= 15 is 0 Å². The lowest BCUT2D eigenvalue weighted by molar-refractivity contribution is -0.384.